The molecule has 14 heavy (non-hydrogen) atoms. The number of rotatable bonds is 3. The van der Waals surface area contributed by atoms with Crippen molar-refractivity contribution in [2.45, 2.75) is 12.3 Å². The Morgan fingerprint density at radius 1 is 1.36 bits per heavy atom. The van der Waals surface area contributed by atoms with Crippen molar-refractivity contribution in [2.75, 3.05) is 0 Å². The van der Waals surface area contributed by atoms with E-state index in [0.717, 1.165) is 6.42 Å². The molecule has 1 aliphatic carbocycles. The molecule has 1 aliphatic rings. The van der Waals surface area contributed by atoms with Crippen molar-refractivity contribution in [3.63, 3.8) is 0 Å². The summed E-state index contributed by atoms with van der Waals surface area (Å²) in [5.41, 5.74) is 5.26. The van der Waals surface area contributed by atoms with E-state index < -0.39 is 0 Å². The van der Waals surface area contributed by atoms with Gasteiger partial charge in [0.15, 0.2) is 0 Å². The largest absolute Gasteiger partial charge is 0.332 e. The summed E-state index contributed by atoms with van der Waals surface area (Å²) >= 11 is 0. The second-order valence-corrected chi connectivity index (χ2v) is 3.40. The quantitative estimate of drug-likeness (QED) is 0.561. The fourth-order valence-electron chi connectivity index (χ4n) is 1.81. The molecule has 0 saturated heterocycles. The summed E-state index contributed by atoms with van der Waals surface area (Å²) in [5, 5.41) is 0. The Bertz CT molecular complexity index is 366. The van der Waals surface area contributed by atoms with Crippen molar-refractivity contribution in [2.24, 2.45) is 5.84 Å². The van der Waals surface area contributed by atoms with Crippen LogP contribution in [-0.2, 0) is 0 Å². The maximum Gasteiger partial charge on any atom is 0.00829 e. The number of nitrogens with two attached hydrogens (primary N) is 1. The Kier molecular flexibility index (Phi) is 2.65. The minimum absolute atomic E-state index is 0.510. The fraction of sp³-hybridized carbons (Fsp3) is 0.167. The molecule has 0 fully saturated rings. The van der Waals surface area contributed by atoms with Crippen molar-refractivity contribution in [3.05, 3.63) is 53.7 Å². The summed E-state index contributed by atoms with van der Waals surface area (Å²) in [6.45, 7) is 0. The molecular formula is C12H14N2. The van der Waals surface area contributed by atoms with E-state index in [-0.39, 0.29) is 0 Å². The first kappa shape index (κ1) is 9.03. The minimum atomic E-state index is 0.510. The lowest BCUT2D eigenvalue weighted by Gasteiger charge is -2.07. The molecule has 1 atom stereocenters. The normalized spacial score (nSPS) is 18.8. The Hall–Kier alpha value is -1.54. The summed E-state index contributed by atoms with van der Waals surface area (Å²) in [6.07, 6.45) is 9.25. The van der Waals surface area contributed by atoms with Gasteiger partial charge in [0.1, 0.15) is 0 Å². The number of hydrogen-bond donors (Lipinski definition) is 2. The van der Waals surface area contributed by atoms with Crippen molar-refractivity contribution in [1.82, 2.24) is 5.43 Å². The van der Waals surface area contributed by atoms with Gasteiger partial charge in [-0.25, -0.2) is 0 Å². The molecule has 1 aromatic carbocycles. The van der Waals surface area contributed by atoms with Gasteiger partial charge in [0, 0.05) is 12.1 Å². The van der Waals surface area contributed by atoms with Crippen LogP contribution in [0, 0.1) is 0 Å². The Morgan fingerprint density at radius 3 is 3.07 bits per heavy atom. The van der Waals surface area contributed by atoms with Crippen LogP contribution in [0.15, 0.2) is 42.6 Å². The van der Waals surface area contributed by atoms with Crippen LogP contribution in [0.2, 0.25) is 0 Å². The molecule has 72 valence electrons. The first-order valence-electron chi connectivity index (χ1n) is 4.80. The van der Waals surface area contributed by atoms with Gasteiger partial charge in [-0.15, -0.1) is 0 Å². The van der Waals surface area contributed by atoms with E-state index in [0.29, 0.717) is 5.92 Å². The van der Waals surface area contributed by atoms with E-state index in [4.69, 9.17) is 5.84 Å². The Balaban J connectivity index is 2.11. The standard InChI is InChI=1S/C12H14N2/c13-14-9-3-5-11-8-7-10-4-1-2-6-12(10)11/h1-4,6-9,11,14H,5,13H2. The van der Waals surface area contributed by atoms with Crippen LogP contribution in [0.1, 0.15) is 23.5 Å². The predicted molar refractivity (Wildman–Crippen MR) is 59.3 cm³/mol. The highest BCUT2D eigenvalue weighted by Gasteiger charge is 2.14. The topological polar surface area (TPSA) is 38.0 Å². The van der Waals surface area contributed by atoms with Gasteiger partial charge in [-0.05, 0) is 17.5 Å². The number of hydrazine groups is 1. The van der Waals surface area contributed by atoms with Crippen LogP contribution in [-0.4, -0.2) is 0 Å². The number of hydrogen-bond acceptors (Lipinski definition) is 2. The molecule has 2 heteroatoms. The minimum Gasteiger partial charge on any atom is -0.332 e. The van der Waals surface area contributed by atoms with Crippen LogP contribution in [0.3, 0.4) is 0 Å². The molecule has 0 bridgehead atoms. The van der Waals surface area contributed by atoms with Crippen molar-refractivity contribution >= 4 is 6.08 Å². The van der Waals surface area contributed by atoms with Crippen LogP contribution >= 0.6 is 0 Å². The summed E-state index contributed by atoms with van der Waals surface area (Å²) in [4.78, 5) is 0. The van der Waals surface area contributed by atoms with Crippen LogP contribution in [0.5, 0.6) is 0 Å². The lowest BCUT2D eigenvalue weighted by Crippen LogP contribution is -2.12. The van der Waals surface area contributed by atoms with Gasteiger partial charge in [0.2, 0.25) is 0 Å². The molecule has 1 unspecified atom stereocenters. The molecule has 0 heterocycles. The summed E-state index contributed by atoms with van der Waals surface area (Å²) in [7, 11) is 0. The second kappa shape index (κ2) is 4.11. The molecule has 0 amide bonds. The lowest BCUT2D eigenvalue weighted by atomic mass is 9.98. The molecule has 0 spiro atoms. The first-order valence-corrected chi connectivity index (χ1v) is 4.80. The summed E-state index contributed by atoms with van der Waals surface area (Å²) in [5.74, 6) is 5.66. The molecule has 0 saturated carbocycles. The van der Waals surface area contributed by atoms with Crippen molar-refractivity contribution in [1.29, 1.82) is 0 Å². The van der Waals surface area contributed by atoms with E-state index >= 15 is 0 Å². The zero-order chi connectivity index (χ0) is 9.80. The molecule has 3 N–H and O–H groups in total. The molecule has 0 radical (unpaired) electrons. The van der Waals surface area contributed by atoms with Gasteiger partial charge in [0.25, 0.3) is 0 Å². The van der Waals surface area contributed by atoms with E-state index in [2.05, 4.69) is 47.9 Å². The SMILES string of the molecule is NNC=CCC1C=Cc2ccccc21. The number of benzene rings is 1. The molecule has 1 aromatic rings. The van der Waals surface area contributed by atoms with Crippen LogP contribution in [0.4, 0.5) is 0 Å². The zero-order valence-electron chi connectivity index (χ0n) is 7.98. The van der Waals surface area contributed by atoms with Gasteiger partial charge in [0.05, 0.1) is 0 Å². The third kappa shape index (κ3) is 1.70. The lowest BCUT2D eigenvalue weighted by molar-refractivity contribution is 0.863. The zero-order valence-corrected chi connectivity index (χ0v) is 7.98. The molecule has 0 aromatic heterocycles. The van der Waals surface area contributed by atoms with E-state index in [1.54, 1.807) is 6.20 Å². The molecule has 2 nitrogen and oxygen atoms in total. The Morgan fingerprint density at radius 2 is 2.21 bits per heavy atom. The van der Waals surface area contributed by atoms with Gasteiger partial charge >= 0.3 is 0 Å². The maximum absolute atomic E-state index is 5.15. The monoisotopic (exact) mass is 186 g/mol. The fourth-order valence-corrected chi connectivity index (χ4v) is 1.81. The third-order valence-corrected chi connectivity index (χ3v) is 2.51. The highest BCUT2D eigenvalue weighted by molar-refractivity contribution is 5.62. The van der Waals surface area contributed by atoms with Crippen LogP contribution < -0.4 is 11.3 Å². The highest BCUT2D eigenvalue weighted by Crippen LogP contribution is 2.32. The van der Waals surface area contributed by atoms with Crippen LogP contribution in [0.25, 0.3) is 6.08 Å². The summed E-state index contributed by atoms with van der Waals surface area (Å²) < 4.78 is 0. The molecule has 0 aliphatic heterocycles. The number of allylic oxidation sites excluding steroid dienone is 2. The third-order valence-electron chi connectivity index (χ3n) is 2.51. The molecule has 2 rings (SSSR count). The highest BCUT2D eigenvalue weighted by atomic mass is 15.2. The summed E-state index contributed by atoms with van der Waals surface area (Å²) in [6, 6.07) is 8.49. The van der Waals surface area contributed by atoms with Gasteiger partial charge in [-0.3, -0.25) is 5.84 Å². The van der Waals surface area contributed by atoms with Gasteiger partial charge < -0.3 is 5.43 Å². The smallest absolute Gasteiger partial charge is 0.00829 e. The number of nitrogens with one attached hydrogen (secondary N) is 1. The van der Waals surface area contributed by atoms with Crippen molar-refractivity contribution in [3.8, 4) is 0 Å². The van der Waals surface area contributed by atoms with Gasteiger partial charge in [-0.1, -0.05) is 42.5 Å². The molecular weight excluding hydrogens is 172 g/mol. The maximum atomic E-state index is 5.15. The second-order valence-electron chi connectivity index (χ2n) is 3.40. The average Bonchev–Trinajstić information content (AvgIpc) is 2.63. The Labute approximate surface area is 84.1 Å². The number of fused-ring (bicyclic) bond motifs is 1. The predicted octanol–water partition coefficient (Wildman–Crippen LogP) is 2.16. The average molecular weight is 186 g/mol. The first-order chi connectivity index (χ1) is 6.92. The van der Waals surface area contributed by atoms with E-state index in [9.17, 15) is 0 Å². The van der Waals surface area contributed by atoms with Crippen molar-refractivity contribution < 1.29 is 0 Å². The van der Waals surface area contributed by atoms with E-state index in [1.165, 1.54) is 11.1 Å². The van der Waals surface area contributed by atoms with E-state index in [1.807, 2.05) is 0 Å². The van der Waals surface area contributed by atoms with Gasteiger partial charge in [-0.2, -0.15) is 0 Å².